The summed E-state index contributed by atoms with van der Waals surface area (Å²) in [6.45, 7) is 4.01. The average Bonchev–Trinajstić information content (AvgIpc) is 2.73. The Balaban J connectivity index is 1.83. The van der Waals surface area contributed by atoms with Gasteiger partial charge in [0.25, 0.3) is 0 Å². The standard InChI is InChI=1S/C23H22F4N2O3/c1-22(2)12-14-6-9-16(32-3)10-17(14)18(29-22)11-19(30)13-4-7-15(8-5-13)28-21(31)23(26,27)20(24)25/h4-11,20,29H,12H2,1-3H3,(H,28,31)/b18-11-. The predicted octanol–water partition coefficient (Wildman–Crippen LogP) is 4.68. The molecule has 0 aliphatic carbocycles. The summed E-state index contributed by atoms with van der Waals surface area (Å²) in [6.07, 6.45) is -1.95. The molecular formula is C23H22F4N2O3. The Morgan fingerprint density at radius 2 is 1.81 bits per heavy atom. The molecule has 0 saturated carbocycles. The first-order valence-corrected chi connectivity index (χ1v) is 9.72. The van der Waals surface area contributed by atoms with Gasteiger partial charge in [0.05, 0.1) is 7.11 Å². The lowest BCUT2D eigenvalue weighted by Gasteiger charge is -2.35. The molecular weight excluding hydrogens is 428 g/mol. The second-order valence-corrected chi connectivity index (χ2v) is 8.09. The van der Waals surface area contributed by atoms with Crippen LogP contribution in [0, 0.1) is 0 Å². The summed E-state index contributed by atoms with van der Waals surface area (Å²) in [7, 11) is 1.55. The summed E-state index contributed by atoms with van der Waals surface area (Å²) in [5.74, 6) is -6.65. The van der Waals surface area contributed by atoms with E-state index in [0.29, 0.717) is 11.4 Å². The van der Waals surface area contributed by atoms with Gasteiger partial charge in [-0.15, -0.1) is 0 Å². The Hall–Kier alpha value is -3.36. The molecule has 1 aliphatic heterocycles. The predicted molar refractivity (Wildman–Crippen MR) is 112 cm³/mol. The van der Waals surface area contributed by atoms with Crippen LogP contribution in [-0.4, -0.2) is 36.7 Å². The molecule has 32 heavy (non-hydrogen) atoms. The van der Waals surface area contributed by atoms with Gasteiger partial charge in [-0.2, -0.15) is 8.78 Å². The van der Waals surface area contributed by atoms with Gasteiger partial charge in [0, 0.05) is 34.1 Å². The maximum atomic E-state index is 13.1. The summed E-state index contributed by atoms with van der Waals surface area (Å²) in [4.78, 5) is 24.2. The molecule has 9 heteroatoms. The van der Waals surface area contributed by atoms with Crippen LogP contribution in [0.4, 0.5) is 23.2 Å². The van der Waals surface area contributed by atoms with E-state index in [1.165, 1.54) is 30.3 Å². The highest BCUT2D eigenvalue weighted by Crippen LogP contribution is 2.32. The van der Waals surface area contributed by atoms with Crippen molar-refractivity contribution < 1.29 is 31.9 Å². The molecule has 5 nitrogen and oxygen atoms in total. The molecule has 0 bridgehead atoms. The van der Waals surface area contributed by atoms with Gasteiger partial charge < -0.3 is 15.4 Å². The van der Waals surface area contributed by atoms with Crippen LogP contribution in [0.25, 0.3) is 5.70 Å². The summed E-state index contributed by atoms with van der Waals surface area (Å²) >= 11 is 0. The smallest absolute Gasteiger partial charge is 0.383 e. The van der Waals surface area contributed by atoms with Crippen molar-refractivity contribution in [1.82, 2.24) is 5.32 Å². The second kappa shape index (κ2) is 8.64. The fourth-order valence-corrected chi connectivity index (χ4v) is 3.40. The number of rotatable bonds is 6. The van der Waals surface area contributed by atoms with E-state index < -0.39 is 18.3 Å². The SMILES string of the molecule is COc1ccc2c(c1)/C(=C/C(=O)c1ccc(NC(=O)C(F)(F)C(F)F)cc1)NC(C)(C)C2. The van der Waals surface area contributed by atoms with Gasteiger partial charge >= 0.3 is 18.3 Å². The van der Waals surface area contributed by atoms with Crippen molar-refractivity contribution in [2.45, 2.75) is 38.2 Å². The lowest BCUT2D eigenvalue weighted by atomic mass is 9.85. The minimum atomic E-state index is -4.81. The van der Waals surface area contributed by atoms with Gasteiger partial charge in [-0.1, -0.05) is 6.07 Å². The summed E-state index contributed by atoms with van der Waals surface area (Å²) in [5.41, 5.74) is 2.28. The first-order valence-electron chi connectivity index (χ1n) is 9.72. The molecule has 2 aromatic carbocycles. The number of allylic oxidation sites excluding steroid dienone is 1. The average molecular weight is 450 g/mol. The molecule has 1 amide bonds. The summed E-state index contributed by atoms with van der Waals surface area (Å²) in [6, 6.07) is 10.7. The minimum absolute atomic E-state index is 0.133. The molecule has 1 aliphatic rings. The molecule has 0 spiro atoms. The topological polar surface area (TPSA) is 67.4 Å². The van der Waals surface area contributed by atoms with E-state index in [4.69, 9.17) is 4.74 Å². The van der Waals surface area contributed by atoms with Gasteiger partial charge in [-0.05, 0) is 62.2 Å². The van der Waals surface area contributed by atoms with E-state index in [0.717, 1.165) is 17.5 Å². The molecule has 0 radical (unpaired) electrons. The number of nitrogens with one attached hydrogen (secondary N) is 2. The van der Waals surface area contributed by atoms with Gasteiger partial charge in [0.15, 0.2) is 5.78 Å². The van der Waals surface area contributed by atoms with Crippen molar-refractivity contribution in [2.75, 3.05) is 12.4 Å². The number of hydrogen-bond donors (Lipinski definition) is 2. The molecule has 0 saturated heterocycles. The molecule has 2 aromatic rings. The van der Waals surface area contributed by atoms with Crippen LogP contribution >= 0.6 is 0 Å². The maximum absolute atomic E-state index is 13.1. The normalized spacial score (nSPS) is 16.3. The van der Waals surface area contributed by atoms with Crippen LogP contribution in [0.2, 0.25) is 0 Å². The molecule has 0 unspecified atom stereocenters. The third kappa shape index (κ3) is 4.92. The molecule has 2 N–H and O–H groups in total. The summed E-state index contributed by atoms with van der Waals surface area (Å²) < 4.78 is 56.0. The number of alkyl halides is 4. The Morgan fingerprint density at radius 3 is 2.41 bits per heavy atom. The van der Waals surface area contributed by atoms with E-state index in [1.54, 1.807) is 12.4 Å². The van der Waals surface area contributed by atoms with Crippen molar-refractivity contribution in [3.63, 3.8) is 0 Å². The molecule has 170 valence electrons. The number of ether oxygens (including phenoxy) is 1. The van der Waals surface area contributed by atoms with Gasteiger partial charge in [-0.25, -0.2) is 8.78 Å². The Kier molecular flexibility index (Phi) is 6.29. The van der Waals surface area contributed by atoms with Crippen LogP contribution < -0.4 is 15.4 Å². The molecule has 0 fully saturated rings. The van der Waals surface area contributed by atoms with Crippen molar-refractivity contribution in [3.05, 3.63) is 65.2 Å². The quantitative estimate of drug-likeness (QED) is 0.381. The fourth-order valence-electron chi connectivity index (χ4n) is 3.40. The van der Waals surface area contributed by atoms with Crippen LogP contribution in [0.15, 0.2) is 48.5 Å². The van der Waals surface area contributed by atoms with E-state index in [9.17, 15) is 27.2 Å². The zero-order valence-corrected chi connectivity index (χ0v) is 17.6. The van der Waals surface area contributed by atoms with E-state index >= 15 is 0 Å². The number of anilines is 1. The number of ketones is 1. The Labute approximate surface area is 182 Å². The number of carbonyl (C=O) groups is 2. The lowest BCUT2D eigenvalue weighted by Crippen LogP contribution is -2.43. The summed E-state index contributed by atoms with van der Waals surface area (Å²) in [5, 5.41) is 5.06. The van der Waals surface area contributed by atoms with Gasteiger partial charge in [0.1, 0.15) is 5.75 Å². The first kappa shape index (κ1) is 23.3. The number of fused-ring (bicyclic) bond motifs is 1. The number of amides is 1. The number of carbonyl (C=O) groups excluding carboxylic acids is 2. The largest absolute Gasteiger partial charge is 0.497 e. The van der Waals surface area contributed by atoms with Gasteiger partial charge in [0.2, 0.25) is 0 Å². The van der Waals surface area contributed by atoms with E-state index in [2.05, 4.69) is 5.32 Å². The third-order valence-electron chi connectivity index (χ3n) is 4.99. The van der Waals surface area contributed by atoms with Gasteiger partial charge in [-0.3, -0.25) is 9.59 Å². The van der Waals surface area contributed by atoms with Crippen molar-refractivity contribution in [3.8, 4) is 5.75 Å². The van der Waals surface area contributed by atoms with Crippen molar-refractivity contribution in [2.24, 2.45) is 0 Å². The molecule has 0 aromatic heterocycles. The zero-order chi connectivity index (χ0) is 23.7. The molecule has 3 rings (SSSR count). The number of halogens is 4. The number of benzene rings is 2. The second-order valence-electron chi connectivity index (χ2n) is 8.09. The minimum Gasteiger partial charge on any atom is -0.497 e. The van der Waals surface area contributed by atoms with E-state index in [-0.39, 0.29) is 22.6 Å². The Bertz CT molecular complexity index is 1060. The Morgan fingerprint density at radius 1 is 1.16 bits per heavy atom. The monoisotopic (exact) mass is 450 g/mol. The maximum Gasteiger partial charge on any atom is 0.383 e. The number of methoxy groups -OCH3 is 1. The lowest BCUT2D eigenvalue weighted by molar-refractivity contribution is -0.163. The molecule has 0 atom stereocenters. The van der Waals surface area contributed by atoms with Crippen molar-refractivity contribution in [1.29, 1.82) is 0 Å². The van der Waals surface area contributed by atoms with Crippen LogP contribution in [-0.2, 0) is 11.2 Å². The fraction of sp³-hybridized carbons (Fsp3) is 0.304. The number of hydrogen-bond acceptors (Lipinski definition) is 4. The van der Waals surface area contributed by atoms with Crippen LogP contribution in [0.5, 0.6) is 5.75 Å². The van der Waals surface area contributed by atoms with Crippen LogP contribution in [0.3, 0.4) is 0 Å². The molecule has 1 heterocycles. The third-order valence-corrected chi connectivity index (χ3v) is 4.99. The van der Waals surface area contributed by atoms with E-state index in [1.807, 2.05) is 32.0 Å². The van der Waals surface area contributed by atoms with Crippen LogP contribution in [0.1, 0.15) is 35.3 Å². The first-order chi connectivity index (χ1) is 14.9. The zero-order valence-electron chi connectivity index (χ0n) is 17.6. The van der Waals surface area contributed by atoms with Crippen molar-refractivity contribution >= 4 is 23.1 Å². The highest BCUT2D eigenvalue weighted by Gasteiger charge is 2.48. The highest BCUT2D eigenvalue weighted by atomic mass is 19.3. The highest BCUT2D eigenvalue weighted by molar-refractivity contribution is 6.09.